The number of carbonyl (C=O) groups is 2. The van der Waals surface area contributed by atoms with E-state index in [1.165, 1.54) is 4.90 Å². The smallest absolute Gasteiger partial charge is 0.264 e. The van der Waals surface area contributed by atoms with Crippen molar-refractivity contribution in [3.05, 3.63) is 130 Å². The van der Waals surface area contributed by atoms with Crippen LogP contribution >= 0.6 is 0 Å². The lowest BCUT2D eigenvalue weighted by atomic mass is 10.0. The van der Waals surface area contributed by atoms with Crippen LogP contribution in [0, 0.1) is 27.7 Å². The number of hydrogen-bond donors (Lipinski definition) is 1. The van der Waals surface area contributed by atoms with Gasteiger partial charge in [0.15, 0.2) is 0 Å². The molecule has 0 aliphatic heterocycles. The maximum Gasteiger partial charge on any atom is 0.264 e. The molecule has 0 fully saturated rings. The molecule has 0 unspecified atom stereocenters. The predicted molar refractivity (Wildman–Crippen MR) is 176 cm³/mol. The molecule has 1 N–H and O–H groups in total. The van der Waals surface area contributed by atoms with Gasteiger partial charge < -0.3 is 10.2 Å². The molecule has 0 aliphatic carbocycles. The Morgan fingerprint density at radius 2 is 1.43 bits per heavy atom. The highest BCUT2D eigenvalue weighted by Crippen LogP contribution is 2.27. The molecule has 1 atom stereocenters. The van der Waals surface area contributed by atoms with Crippen molar-refractivity contribution in [1.82, 2.24) is 10.2 Å². The first-order valence-corrected chi connectivity index (χ1v) is 16.3. The van der Waals surface area contributed by atoms with E-state index in [1.54, 1.807) is 36.4 Å². The summed E-state index contributed by atoms with van der Waals surface area (Å²) in [5.41, 5.74) is 5.96. The molecule has 0 bridgehead atoms. The zero-order chi connectivity index (χ0) is 31.9. The number of rotatable bonds is 12. The van der Waals surface area contributed by atoms with Gasteiger partial charge >= 0.3 is 0 Å². The summed E-state index contributed by atoms with van der Waals surface area (Å²) in [5, 5.41) is 2.90. The van der Waals surface area contributed by atoms with E-state index in [9.17, 15) is 18.0 Å². The number of aryl methyl sites for hydroxylation is 4. The first-order valence-electron chi connectivity index (χ1n) is 14.8. The van der Waals surface area contributed by atoms with Crippen molar-refractivity contribution in [1.29, 1.82) is 0 Å². The zero-order valence-electron chi connectivity index (χ0n) is 26.1. The summed E-state index contributed by atoms with van der Waals surface area (Å²) in [7, 11) is -4.14. The molecule has 8 heteroatoms. The molecule has 0 saturated heterocycles. The van der Waals surface area contributed by atoms with Gasteiger partial charge in [0.1, 0.15) is 12.6 Å². The van der Waals surface area contributed by atoms with Gasteiger partial charge in [-0.3, -0.25) is 13.9 Å². The lowest BCUT2D eigenvalue weighted by molar-refractivity contribution is -0.140. The van der Waals surface area contributed by atoms with Crippen molar-refractivity contribution in [2.24, 2.45) is 0 Å². The second kappa shape index (κ2) is 14.4. The summed E-state index contributed by atoms with van der Waals surface area (Å²) in [5.74, 6) is -0.772. The minimum atomic E-state index is -4.14. The SMILES string of the molecule is CCNC(=O)[C@H](Cc1ccccc1)N(Cc1ccccc1C)C(=O)CN(c1ccc(C)c(C)c1)S(=O)(=O)c1ccc(C)cc1. The van der Waals surface area contributed by atoms with Gasteiger partial charge in [-0.2, -0.15) is 0 Å². The molecule has 0 aromatic heterocycles. The Bertz CT molecular complexity index is 1700. The van der Waals surface area contributed by atoms with E-state index in [0.29, 0.717) is 12.2 Å². The molecular formula is C36H41N3O4S. The Morgan fingerprint density at radius 3 is 2.07 bits per heavy atom. The van der Waals surface area contributed by atoms with E-state index < -0.39 is 28.5 Å². The highest BCUT2D eigenvalue weighted by Gasteiger charge is 2.34. The minimum Gasteiger partial charge on any atom is -0.355 e. The Hall–Kier alpha value is -4.43. The standard InChI is InChI=1S/C36H41N3O4S/c1-6-37-36(41)34(23-30-13-8-7-9-14-30)38(24-31-15-11-10-12-28(31)4)35(40)25-39(32-19-18-27(3)29(5)22-32)44(42,43)33-20-16-26(2)17-21-33/h7-22,34H,6,23-25H2,1-5H3,(H,37,41)/t34-/m0/s1. The lowest BCUT2D eigenvalue weighted by Crippen LogP contribution is -2.53. The average Bonchev–Trinajstić information content (AvgIpc) is 3.00. The van der Waals surface area contributed by atoms with E-state index in [4.69, 9.17) is 0 Å². The average molecular weight is 612 g/mol. The maximum atomic E-state index is 14.5. The van der Waals surface area contributed by atoms with Gasteiger partial charge in [0, 0.05) is 19.5 Å². The summed E-state index contributed by atoms with van der Waals surface area (Å²) >= 11 is 0. The first kappa shape index (κ1) is 32.5. The monoisotopic (exact) mass is 611 g/mol. The third kappa shape index (κ3) is 7.74. The van der Waals surface area contributed by atoms with Gasteiger partial charge in [0.05, 0.1) is 10.6 Å². The number of carbonyl (C=O) groups excluding carboxylic acids is 2. The molecule has 2 amide bonds. The number of hydrogen-bond acceptors (Lipinski definition) is 4. The van der Waals surface area contributed by atoms with E-state index in [1.807, 2.05) is 95.3 Å². The number of benzene rings is 4. The molecule has 230 valence electrons. The largest absolute Gasteiger partial charge is 0.355 e. The highest BCUT2D eigenvalue weighted by atomic mass is 32.2. The first-order chi connectivity index (χ1) is 21.0. The summed E-state index contributed by atoms with van der Waals surface area (Å²) in [6.45, 7) is 9.60. The van der Waals surface area contributed by atoms with Crippen LogP contribution in [0.4, 0.5) is 5.69 Å². The third-order valence-electron chi connectivity index (χ3n) is 7.89. The molecule has 0 saturated carbocycles. The van der Waals surface area contributed by atoms with E-state index in [2.05, 4.69) is 5.32 Å². The fraction of sp³-hybridized carbons (Fsp3) is 0.278. The Morgan fingerprint density at radius 1 is 0.773 bits per heavy atom. The van der Waals surface area contributed by atoms with E-state index in [0.717, 1.165) is 37.7 Å². The molecule has 4 rings (SSSR count). The van der Waals surface area contributed by atoms with Crippen molar-refractivity contribution in [3.63, 3.8) is 0 Å². The van der Waals surface area contributed by atoms with Crippen LogP contribution in [0.1, 0.15) is 40.3 Å². The Balaban J connectivity index is 1.82. The summed E-state index contributed by atoms with van der Waals surface area (Å²) in [6, 6.07) is 28.3. The Labute approximate surface area is 261 Å². The number of nitrogens with one attached hydrogen (secondary N) is 1. The van der Waals surface area contributed by atoms with Crippen LogP contribution in [0.2, 0.25) is 0 Å². The van der Waals surface area contributed by atoms with Crippen molar-refractivity contribution >= 4 is 27.5 Å². The Kier molecular flexibility index (Phi) is 10.6. The van der Waals surface area contributed by atoms with Gasteiger partial charge in [-0.05, 0) is 86.7 Å². The van der Waals surface area contributed by atoms with Gasteiger partial charge in [0.25, 0.3) is 10.0 Å². The van der Waals surface area contributed by atoms with Crippen LogP contribution in [0.25, 0.3) is 0 Å². The number of amides is 2. The molecule has 7 nitrogen and oxygen atoms in total. The lowest BCUT2D eigenvalue weighted by Gasteiger charge is -2.34. The summed E-state index contributed by atoms with van der Waals surface area (Å²) < 4.78 is 29.5. The predicted octanol–water partition coefficient (Wildman–Crippen LogP) is 5.89. The maximum absolute atomic E-state index is 14.5. The normalized spacial score (nSPS) is 11.9. The van der Waals surface area contributed by atoms with Crippen LogP contribution in [0.5, 0.6) is 0 Å². The number of likely N-dealkylation sites (N-methyl/N-ethyl adjacent to an activating group) is 1. The molecule has 0 heterocycles. The zero-order valence-corrected chi connectivity index (χ0v) is 26.9. The van der Waals surface area contributed by atoms with Crippen molar-refractivity contribution in [2.75, 3.05) is 17.4 Å². The summed E-state index contributed by atoms with van der Waals surface area (Å²) in [6.07, 6.45) is 0.276. The minimum absolute atomic E-state index is 0.0872. The van der Waals surface area contributed by atoms with Gasteiger partial charge in [-0.25, -0.2) is 8.42 Å². The van der Waals surface area contributed by atoms with Crippen molar-refractivity contribution in [2.45, 2.75) is 58.5 Å². The van der Waals surface area contributed by atoms with Crippen LogP contribution in [-0.2, 0) is 32.6 Å². The van der Waals surface area contributed by atoms with E-state index in [-0.39, 0.29) is 23.8 Å². The second-order valence-electron chi connectivity index (χ2n) is 11.1. The van der Waals surface area contributed by atoms with Gasteiger partial charge in [-0.15, -0.1) is 0 Å². The third-order valence-corrected chi connectivity index (χ3v) is 9.68. The van der Waals surface area contributed by atoms with Gasteiger partial charge in [0.2, 0.25) is 11.8 Å². The molecule has 4 aromatic carbocycles. The number of nitrogens with zero attached hydrogens (tertiary/aromatic N) is 2. The molecule has 0 radical (unpaired) electrons. The van der Waals surface area contributed by atoms with Crippen molar-refractivity contribution < 1.29 is 18.0 Å². The molecular weight excluding hydrogens is 570 g/mol. The molecule has 4 aromatic rings. The fourth-order valence-electron chi connectivity index (χ4n) is 5.06. The molecule has 44 heavy (non-hydrogen) atoms. The topological polar surface area (TPSA) is 86.8 Å². The summed E-state index contributed by atoms with van der Waals surface area (Å²) in [4.78, 5) is 29.7. The van der Waals surface area contributed by atoms with Crippen LogP contribution in [0.15, 0.2) is 102 Å². The van der Waals surface area contributed by atoms with Crippen molar-refractivity contribution in [3.8, 4) is 0 Å². The fourth-order valence-corrected chi connectivity index (χ4v) is 6.47. The second-order valence-corrected chi connectivity index (χ2v) is 13.0. The van der Waals surface area contributed by atoms with Crippen LogP contribution in [0.3, 0.4) is 0 Å². The number of anilines is 1. The molecule has 0 aliphatic rings. The van der Waals surface area contributed by atoms with Crippen LogP contribution < -0.4 is 9.62 Å². The quantitative estimate of drug-likeness (QED) is 0.216. The number of sulfonamides is 1. The van der Waals surface area contributed by atoms with E-state index >= 15 is 0 Å². The van der Waals surface area contributed by atoms with Gasteiger partial charge in [-0.1, -0.05) is 78.4 Å². The van der Waals surface area contributed by atoms with Crippen LogP contribution in [-0.4, -0.2) is 44.3 Å². The highest BCUT2D eigenvalue weighted by molar-refractivity contribution is 7.92. The molecule has 0 spiro atoms.